The van der Waals surface area contributed by atoms with Gasteiger partial charge in [-0.15, -0.1) is 0 Å². The molecule has 1 saturated heterocycles. The third kappa shape index (κ3) is 4.80. The number of sulfone groups is 1. The molecule has 0 radical (unpaired) electrons. The first kappa shape index (κ1) is 13.9. The third-order valence-corrected chi connectivity index (χ3v) is 4.82. The smallest absolute Gasteiger partial charge is 0.150 e. The SMILES string of the molecule is CNC(COC(C)C)CC1CCS(=O)(=O)C1. The lowest BCUT2D eigenvalue weighted by molar-refractivity contribution is 0.0583. The molecule has 2 atom stereocenters. The van der Waals surface area contributed by atoms with E-state index in [0.717, 1.165) is 12.8 Å². The van der Waals surface area contributed by atoms with E-state index in [9.17, 15) is 8.42 Å². The molecule has 1 aliphatic heterocycles. The fraction of sp³-hybridized carbons (Fsp3) is 1.00. The van der Waals surface area contributed by atoms with Crippen LogP contribution in [0.2, 0.25) is 0 Å². The number of nitrogens with one attached hydrogen (secondary N) is 1. The topological polar surface area (TPSA) is 55.4 Å². The van der Waals surface area contributed by atoms with Gasteiger partial charge in [0.05, 0.1) is 24.2 Å². The molecular formula is C11H23NO3S. The van der Waals surface area contributed by atoms with Gasteiger partial charge < -0.3 is 10.1 Å². The Balaban J connectivity index is 2.34. The molecule has 0 saturated carbocycles. The molecule has 16 heavy (non-hydrogen) atoms. The van der Waals surface area contributed by atoms with Crippen LogP contribution >= 0.6 is 0 Å². The van der Waals surface area contributed by atoms with E-state index in [1.807, 2.05) is 20.9 Å². The van der Waals surface area contributed by atoms with Crippen LogP contribution in [0.3, 0.4) is 0 Å². The maximum atomic E-state index is 11.3. The summed E-state index contributed by atoms with van der Waals surface area (Å²) >= 11 is 0. The van der Waals surface area contributed by atoms with Crippen molar-refractivity contribution in [2.24, 2.45) is 5.92 Å². The minimum Gasteiger partial charge on any atom is -0.377 e. The first-order chi connectivity index (χ1) is 7.43. The van der Waals surface area contributed by atoms with E-state index in [-0.39, 0.29) is 12.1 Å². The van der Waals surface area contributed by atoms with E-state index in [1.165, 1.54) is 0 Å². The zero-order valence-electron chi connectivity index (χ0n) is 10.4. The minimum atomic E-state index is -2.75. The molecule has 0 aliphatic carbocycles. The number of rotatable bonds is 6. The lowest BCUT2D eigenvalue weighted by Crippen LogP contribution is -2.33. The van der Waals surface area contributed by atoms with Gasteiger partial charge in [0.2, 0.25) is 0 Å². The zero-order valence-corrected chi connectivity index (χ0v) is 11.2. The van der Waals surface area contributed by atoms with Crippen molar-refractivity contribution >= 4 is 9.84 Å². The van der Waals surface area contributed by atoms with Crippen LogP contribution in [-0.4, -0.2) is 45.7 Å². The largest absolute Gasteiger partial charge is 0.377 e. The van der Waals surface area contributed by atoms with Gasteiger partial charge in [0, 0.05) is 6.04 Å². The highest BCUT2D eigenvalue weighted by Gasteiger charge is 2.29. The van der Waals surface area contributed by atoms with Crippen LogP contribution in [0.1, 0.15) is 26.7 Å². The molecule has 0 bridgehead atoms. The first-order valence-electron chi connectivity index (χ1n) is 5.92. The van der Waals surface area contributed by atoms with Gasteiger partial charge in [-0.05, 0) is 39.7 Å². The number of hydrogen-bond acceptors (Lipinski definition) is 4. The maximum Gasteiger partial charge on any atom is 0.150 e. The van der Waals surface area contributed by atoms with Gasteiger partial charge in [-0.25, -0.2) is 8.42 Å². The van der Waals surface area contributed by atoms with Crippen LogP contribution in [0.4, 0.5) is 0 Å². The van der Waals surface area contributed by atoms with E-state index < -0.39 is 9.84 Å². The lowest BCUT2D eigenvalue weighted by atomic mass is 10.00. The Morgan fingerprint density at radius 3 is 2.56 bits per heavy atom. The number of hydrogen-bond donors (Lipinski definition) is 1. The summed E-state index contributed by atoms with van der Waals surface area (Å²) in [7, 11) is -0.849. The van der Waals surface area contributed by atoms with Gasteiger partial charge in [-0.3, -0.25) is 0 Å². The summed E-state index contributed by atoms with van der Waals surface area (Å²) < 4.78 is 28.2. The standard InChI is InChI=1S/C11H23NO3S/c1-9(2)15-7-11(12-3)6-10-4-5-16(13,14)8-10/h9-12H,4-8H2,1-3H3. The summed E-state index contributed by atoms with van der Waals surface area (Å²) in [6, 6.07) is 0.265. The second-order valence-electron chi connectivity index (χ2n) is 4.87. The van der Waals surface area contributed by atoms with Crippen molar-refractivity contribution in [1.29, 1.82) is 0 Å². The van der Waals surface area contributed by atoms with Gasteiger partial charge in [0.1, 0.15) is 0 Å². The summed E-state index contributed by atoms with van der Waals surface area (Å²) in [5, 5.41) is 3.19. The molecule has 0 aromatic heterocycles. The lowest BCUT2D eigenvalue weighted by Gasteiger charge is -2.20. The molecule has 4 nitrogen and oxygen atoms in total. The molecule has 1 fully saturated rings. The molecule has 2 unspecified atom stereocenters. The van der Waals surface area contributed by atoms with Gasteiger partial charge in [0.25, 0.3) is 0 Å². The molecule has 1 heterocycles. The summed E-state index contributed by atoms with van der Waals surface area (Å²) in [6.45, 7) is 4.67. The van der Waals surface area contributed by atoms with Gasteiger partial charge >= 0.3 is 0 Å². The maximum absolute atomic E-state index is 11.3. The van der Waals surface area contributed by atoms with Gasteiger partial charge in [-0.2, -0.15) is 0 Å². The van der Waals surface area contributed by atoms with Crippen molar-refractivity contribution in [3.63, 3.8) is 0 Å². The predicted molar refractivity (Wildman–Crippen MR) is 65.3 cm³/mol. The minimum absolute atomic E-state index is 0.225. The Morgan fingerprint density at radius 2 is 2.12 bits per heavy atom. The van der Waals surface area contributed by atoms with Crippen molar-refractivity contribution in [1.82, 2.24) is 5.32 Å². The fourth-order valence-corrected chi connectivity index (χ4v) is 3.92. The Hall–Kier alpha value is -0.130. The average Bonchev–Trinajstić information content (AvgIpc) is 2.52. The van der Waals surface area contributed by atoms with Crippen LogP contribution in [0.25, 0.3) is 0 Å². The van der Waals surface area contributed by atoms with Crippen molar-refractivity contribution in [3.05, 3.63) is 0 Å². The third-order valence-electron chi connectivity index (χ3n) is 2.98. The molecule has 1 aliphatic rings. The molecule has 0 aromatic carbocycles. The zero-order chi connectivity index (χ0) is 12.2. The van der Waals surface area contributed by atoms with E-state index >= 15 is 0 Å². The van der Waals surface area contributed by atoms with E-state index in [1.54, 1.807) is 0 Å². The molecular weight excluding hydrogens is 226 g/mol. The first-order valence-corrected chi connectivity index (χ1v) is 7.74. The Bertz CT molecular complexity index is 300. The second-order valence-corrected chi connectivity index (χ2v) is 7.10. The fourth-order valence-electron chi connectivity index (χ4n) is 2.04. The highest BCUT2D eigenvalue weighted by Crippen LogP contribution is 2.23. The van der Waals surface area contributed by atoms with Crippen LogP contribution in [0.5, 0.6) is 0 Å². The molecule has 0 amide bonds. The number of ether oxygens (including phenoxy) is 1. The quantitative estimate of drug-likeness (QED) is 0.757. The summed E-state index contributed by atoms with van der Waals surface area (Å²) in [5.41, 5.74) is 0. The highest BCUT2D eigenvalue weighted by atomic mass is 32.2. The molecule has 1 N–H and O–H groups in total. The van der Waals surface area contributed by atoms with Crippen LogP contribution in [0.15, 0.2) is 0 Å². The van der Waals surface area contributed by atoms with E-state index in [0.29, 0.717) is 24.0 Å². The van der Waals surface area contributed by atoms with Crippen molar-refractivity contribution in [2.45, 2.75) is 38.8 Å². The van der Waals surface area contributed by atoms with Crippen molar-refractivity contribution < 1.29 is 13.2 Å². The predicted octanol–water partition coefficient (Wildman–Crippen LogP) is 0.824. The summed E-state index contributed by atoms with van der Waals surface area (Å²) in [6.07, 6.45) is 1.92. The van der Waals surface area contributed by atoms with Gasteiger partial charge in [0.15, 0.2) is 9.84 Å². The molecule has 5 heteroatoms. The average molecular weight is 249 g/mol. The monoisotopic (exact) mass is 249 g/mol. The molecule has 0 aromatic rings. The second kappa shape index (κ2) is 5.98. The van der Waals surface area contributed by atoms with E-state index in [2.05, 4.69) is 5.32 Å². The van der Waals surface area contributed by atoms with Gasteiger partial charge in [-0.1, -0.05) is 0 Å². The van der Waals surface area contributed by atoms with Crippen LogP contribution in [-0.2, 0) is 14.6 Å². The molecule has 0 spiro atoms. The Kier molecular flexibility index (Phi) is 5.21. The summed E-state index contributed by atoms with van der Waals surface area (Å²) in [4.78, 5) is 0. The molecule has 96 valence electrons. The van der Waals surface area contributed by atoms with E-state index in [4.69, 9.17) is 4.74 Å². The molecule has 1 rings (SSSR count). The van der Waals surface area contributed by atoms with Crippen molar-refractivity contribution in [3.8, 4) is 0 Å². The highest BCUT2D eigenvalue weighted by molar-refractivity contribution is 7.91. The normalized spacial score (nSPS) is 26.1. The number of likely N-dealkylation sites (N-methyl/N-ethyl adjacent to an activating group) is 1. The van der Waals surface area contributed by atoms with Crippen LogP contribution < -0.4 is 5.32 Å². The summed E-state index contributed by atoms with van der Waals surface area (Å²) in [5.74, 6) is 1.02. The Labute approximate surface area is 98.7 Å². The Morgan fingerprint density at radius 1 is 1.44 bits per heavy atom. The van der Waals surface area contributed by atoms with Crippen molar-refractivity contribution in [2.75, 3.05) is 25.2 Å². The van der Waals surface area contributed by atoms with Crippen LogP contribution in [0, 0.1) is 5.92 Å².